The molecule has 0 atom stereocenters. The molecule has 0 aromatic carbocycles. The molecule has 8 aromatic heterocycles. The number of aromatic amines is 2. The molecule has 1 aliphatic heterocycles. The second kappa shape index (κ2) is 33.4. The summed E-state index contributed by atoms with van der Waals surface area (Å²) >= 11 is 1.76. The zero-order valence-corrected chi connectivity index (χ0v) is 54.9. The van der Waals surface area contributed by atoms with Gasteiger partial charge < -0.3 is 18.9 Å². The lowest BCUT2D eigenvalue weighted by Gasteiger charge is -2.05. The fourth-order valence-corrected chi connectivity index (χ4v) is 7.81. The summed E-state index contributed by atoms with van der Waals surface area (Å²) in [4.78, 5) is 40.3. The molecule has 0 bridgehead atoms. The topological polar surface area (TPSA) is 216 Å². The van der Waals surface area contributed by atoms with E-state index in [4.69, 9.17) is 8.94 Å². The van der Waals surface area contributed by atoms with Gasteiger partial charge in [0, 0.05) is 61.3 Å². The molecule has 19 heteroatoms. The van der Waals surface area contributed by atoms with E-state index in [0.717, 1.165) is 92.4 Å². The summed E-state index contributed by atoms with van der Waals surface area (Å²) in [7, 11) is 5.51. The predicted octanol–water partition coefficient (Wildman–Crippen LogP) is 13.7. The summed E-state index contributed by atoms with van der Waals surface area (Å²) in [6.07, 6.45) is 0. The molecule has 440 valence electrons. The fraction of sp³-hybridized carbons (Fsp3) is 0.525. The van der Waals surface area contributed by atoms with Crippen molar-refractivity contribution in [2.24, 2.45) is 36.8 Å². The first-order chi connectivity index (χ1) is 37.0. The molecule has 80 heavy (non-hydrogen) atoms. The molecule has 1 aliphatic carbocycles. The van der Waals surface area contributed by atoms with Crippen LogP contribution >= 0.6 is 11.3 Å². The maximum atomic E-state index is 10.8. The first-order valence-electron chi connectivity index (χ1n) is 26.9. The van der Waals surface area contributed by atoms with E-state index in [2.05, 4.69) is 128 Å². The summed E-state index contributed by atoms with van der Waals surface area (Å²) < 4.78 is 13.6. The Bertz CT molecular complexity index is 2710. The van der Waals surface area contributed by atoms with Crippen molar-refractivity contribution in [2.75, 3.05) is 7.05 Å². The number of oxazole rings is 1. The molecule has 2 aliphatic rings. The van der Waals surface area contributed by atoms with Crippen molar-refractivity contribution >= 4 is 23.1 Å². The van der Waals surface area contributed by atoms with Crippen LogP contribution in [0.2, 0.25) is 0 Å². The minimum Gasteiger partial charge on any atom is -0.446 e. The lowest BCUT2D eigenvalue weighted by Crippen LogP contribution is -2.24. The maximum absolute atomic E-state index is 10.8. The van der Waals surface area contributed by atoms with Crippen LogP contribution in [0.15, 0.2) is 44.4 Å². The number of carbonyl (C=O) groups excluding carboxylic acids is 1. The summed E-state index contributed by atoms with van der Waals surface area (Å²) in [6.45, 7) is 55.9. The van der Waals surface area contributed by atoms with Gasteiger partial charge in [0.15, 0.2) is 5.89 Å². The normalized spacial score (nSPS) is 14.3. The standard InChI is InChI=1S/C7H10N2.C7H11N.C6H8N2O.2C6H10N2.2C6H9NO.C6H9NS.C6H12.C5H9N3/c1-5-4-6(2)8-9-7(5)3;1-5-4-6(2)8-7(5)3;1-4-6(9)8(3)5(2)7-4;1-5-4-6(2)8(3)7-5;2*1-4-5(2)8-6(3)7-4;1-4-5(2)7-8-6(4)3;1-4-5(2)8-6(3)7-4;1-4-5(2)6(4)3;1-4-6-5(2)8(3)7-4/h4H,1-3H3;4,8H,1-3H3;1H2,2-3H3;4H,1-3H3;1-3H3,(H,7,8);3*1-3H3;4-6H,1-3H3;1-3H3. The van der Waals surface area contributed by atoms with Crippen LogP contribution in [0.5, 0.6) is 0 Å². The van der Waals surface area contributed by atoms with E-state index < -0.39 is 0 Å². The third-order valence-electron chi connectivity index (χ3n) is 13.7. The minimum atomic E-state index is -0.104. The van der Waals surface area contributed by atoms with Crippen LogP contribution in [-0.2, 0) is 18.9 Å². The Labute approximate surface area is 482 Å². The smallest absolute Gasteiger partial charge is 0.276 e. The fourth-order valence-electron chi connectivity index (χ4n) is 6.99. The van der Waals surface area contributed by atoms with Crippen molar-refractivity contribution in [3.63, 3.8) is 0 Å². The Hall–Kier alpha value is -7.15. The van der Waals surface area contributed by atoms with Crippen LogP contribution in [0.1, 0.15) is 152 Å². The van der Waals surface area contributed by atoms with E-state index in [0.29, 0.717) is 11.5 Å². The molecule has 8 aromatic rings. The van der Waals surface area contributed by atoms with Crippen molar-refractivity contribution in [2.45, 2.75) is 180 Å². The van der Waals surface area contributed by atoms with Crippen LogP contribution in [0.3, 0.4) is 0 Å². The largest absolute Gasteiger partial charge is 0.446 e. The number of thiazole rings is 1. The molecule has 1 fully saturated rings. The first kappa shape index (κ1) is 70.9. The van der Waals surface area contributed by atoms with E-state index >= 15 is 0 Å². The number of carbonyl (C=O) groups is 1. The van der Waals surface area contributed by atoms with E-state index in [1.165, 1.54) is 54.4 Å². The second-order valence-electron chi connectivity index (χ2n) is 20.7. The Morgan fingerprint density at radius 1 is 0.575 bits per heavy atom. The van der Waals surface area contributed by atoms with Crippen molar-refractivity contribution in [1.29, 1.82) is 0 Å². The molecule has 1 amide bonds. The Balaban J connectivity index is 0.000000445. The number of nitrogens with zero attached hydrogens (tertiary/aromatic N) is 13. The summed E-state index contributed by atoms with van der Waals surface area (Å²) in [5.74, 6) is 9.05. The molecular weight excluding hydrogens is 1020 g/mol. The molecule has 0 radical (unpaired) electrons. The van der Waals surface area contributed by atoms with Gasteiger partial charge in [-0.2, -0.15) is 20.4 Å². The number of hydrogen-bond acceptors (Lipinski definition) is 14. The highest BCUT2D eigenvalue weighted by Gasteiger charge is 2.38. The van der Waals surface area contributed by atoms with Crippen LogP contribution in [-0.4, -0.2) is 88.5 Å². The molecule has 9 heterocycles. The lowest BCUT2D eigenvalue weighted by molar-refractivity contribution is -0.121. The second-order valence-corrected chi connectivity index (χ2v) is 22.1. The number of aryl methyl sites for hydroxylation is 23. The van der Waals surface area contributed by atoms with Gasteiger partial charge in [0.25, 0.3) is 5.91 Å². The van der Waals surface area contributed by atoms with Gasteiger partial charge in [-0.25, -0.2) is 24.9 Å². The van der Waals surface area contributed by atoms with Gasteiger partial charge in [0.1, 0.15) is 40.5 Å². The lowest BCUT2D eigenvalue weighted by atomic mass is 10.2. The number of amides is 1. The van der Waals surface area contributed by atoms with Gasteiger partial charge in [0.05, 0.1) is 44.9 Å². The third-order valence-corrected chi connectivity index (χ3v) is 14.7. The predicted molar refractivity (Wildman–Crippen MR) is 327 cm³/mol. The van der Waals surface area contributed by atoms with Crippen molar-refractivity contribution in [3.05, 3.63) is 155 Å². The average Bonchev–Trinajstić information content (AvgIpc) is 4.13. The minimum absolute atomic E-state index is 0.104. The summed E-state index contributed by atoms with van der Waals surface area (Å²) in [5, 5.41) is 20.9. The zero-order chi connectivity index (χ0) is 61.6. The van der Waals surface area contributed by atoms with E-state index in [1.54, 1.807) is 30.0 Å². The van der Waals surface area contributed by atoms with Gasteiger partial charge in [-0.15, -0.1) is 11.3 Å². The van der Waals surface area contributed by atoms with Crippen LogP contribution in [0, 0.1) is 170 Å². The number of H-pyrrole nitrogens is 2. The molecule has 1 saturated carbocycles. The molecule has 2 N–H and O–H groups in total. The van der Waals surface area contributed by atoms with E-state index in [-0.39, 0.29) is 5.91 Å². The first-order valence-corrected chi connectivity index (χ1v) is 27.7. The third kappa shape index (κ3) is 25.3. The van der Waals surface area contributed by atoms with E-state index in [9.17, 15) is 4.79 Å². The van der Waals surface area contributed by atoms with Gasteiger partial charge in [0.2, 0.25) is 0 Å². The van der Waals surface area contributed by atoms with Crippen LogP contribution < -0.4 is 0 Å². The number of rotatable bonds is 0. The van der Waals surface area contributed by atoms with Crippen molar-refractivity contribution < 1.29 is 13.7 Å². The van der Waals surface area contributed by atoms with Crippen LogP contribution in [0.25, 0.3) is 0 Å². The number of hydrogen-bond donors (Lipinski definition) is 2. The Morgan fingerprint density at radius 3 is 1.31 bits per heavy atom. The number of imidazole rings is 1. The van der Waals surface area contributed by atoms with Crippen molar-refractivity contribution in [1.82, 2.24) is 69.7 Å². The SMILES string of the molecule is C=C1N=C(C)N(C)C1=O.CC1C(C)C1C.Cc1cc(C)c(C)[nH]1.Cc1cc(C)c(C)nn1.Cc1cc(C)n(C)n1.Cc1nc(C)c(C)[nH]1.Cc1nc(C)c(C)o1.Cc1nc(C)c(C)s1.Cc1nc(C)n(C)n1.Cc1noc(C)c1C. The highest BCUT2D eigenvalue weighted by molar-refractivity contribution is 7.11. The molecule has 0 spiro atoms. The summed E-state index contributed by atoms with van der Waals surface area (Å²) in [6, 6.07) is 6.23. The molecule has 0 saturated heterocycles. The van der Waals surface area contributed by atoms with Gasteiger partial charge >= 0.3 is 0 Å². The zero-order valence-electron chi connectivity index (χ0n) is 54.1. The maximum Gasteiger partial charge on any atom is 0.276 e. The highest BCUT2D eigenvalue weighted by atomic mass is 32.1. The molecule has 10 rings (SSSR count). The number of amidine groups is 1. The number of aromatic nitrogens is 13. The number of aliphatic imine (C=N–C) groups is 1. The van der Waals surface area contributed by atoms with E-state index in [1.807, 2.05) is 149 Å². The van der Waals surface area contributed by atoms with Crippen molar-refractivity contribution in [3.8, 4) is 0 Å². The summed E-state index contributed by atoms with van der Waals surface area (Å²) in [5.41, 5.74) is 16.3. The van der Waals surface area contributed by atoms with Crippen LogP contribution in [0.4, 0.5) is 0 Å². The Morgan fingerprint density at radius 2 is 1.16 bits per heavy atom. The highest BCUT2D eigenvalue weighted by Crippen LogP contribution is 2.44. The number of nitrogens with one attached hydrogen (secondary N) is 2. The van der Waals surface area contributed by atoms with Gasteiger partial charge in [-0.3, -0.25) is 19.1 Å². The average molecular weight is 1120 g/mol. The molecule has 18 nitrogen and oxygen atoms in total. The molecular formula is C61H97N15O3S. The molecule has 0 unspecified atom stereocenters. The monoisotopic (exact) mass is 1120 g/mol. The van der Waals surface area contributed by atoms with Gasteiger partial charge in [-0.05, 0) is 199 Å². The van der Waals surface area contributed by atoms with Gasteiger partial charge in [-0.1, -0.05) is 32.5 Å². The Kier molecular flexibility index (Phi) is 29.6. The quantitative estimate of drug-likeness (QED) is 0.136. The number of likely N-dealkylation sites (N-methyl/N-ethyl adjacent to an activating group) is 1.